The minimum absolute atomic E-state index is 0.169. The first-order valence-electron chi connectivity index (χ1n) is 18.8. The van der Waals surface area contributed by atoms with Crippen LogP contribution in [0.2, 0.25) is 0 Å². The van der Waals surface area contributed by atoms with Crippen molar-refractivity contribution in [3.63, 3.8) is 0 Å². The van der Waals surface area contributed by atoms with Gasteiger partial charge in [0.25, 0.3) is 6.47 Å². The number of aromatic nitrogens is 6. The largest absolute Gasteiger partial charge is 0.484 e. The Kier molecular flexibility index (Phi) is 12.2. The Morgan fingerprint density at radius 2 is 1.80 bits per heavy atom. The lowest BCUT2D eigenvalue weighted by Gasteiger charge is -2.33. The number of urea groups is 1. The zero-order valence-electron chi connectivity index (χ0n) is 32.5. The van der Waals surface area contributed by atoms with E-state index in [1.807, 2.05) is 73.2 Å². The van der Waals surface area contributed by atoms with Crippen LogP contribution in [0, 0.1) is 0 Å². The summed E-state index contributed by atoms with van der Waals surface area (Å²) in [5.74, 6) is 3.19. The lowest BCUT2D eigenvalue weighted by molar-refractivity contribution is -0.122. The number of ether oxygens (including phenoxy) is 2. The zero-order chi connectivity index (χ0) is 39.1. The van der Waals surface area contributed by atoms with Crippen LogP contribution in [0.5, 0.6) is 11.6 Å². The lowest BCUT2D eigenvalue weighted by atomic mass is 9.85. The third-order valence-corrected chi connectivity index (χ3v) is 9.87. The molecule has 0 radical (unpaired) electrons. The van der Waals surface area contributed by atoms with Crippen molar-refractivity contribution in [1.29, 1.82) is 0 Å². The van der Waals surface area contributed by atoms with Crippen LogP contribution < -0.4 is 25.0 Å². The minimum atomic E-state index is -0.323. The van der Waals surface area contributed by atoms with Crippen LogP contribution in [-0.4, -0.2) is 91.7 Å². The van der Waals surface area contributed by atoms with Gasteiger partial charge in [0.05, 0.1) is 17.9 Å². The molecule has 3 unspecified atom stereocenters. The third kappa shape index (κ3) is 9.34. The highest BCUT2D eigenvalue weighted by molar-refractivity contribution is 5.89. The maximum Gasteiger partial charge on any atom is 0.320 e. The van der Waals surface area contributed by atoms with Crippen molar-refractivity contribution >= 4 is 29.9 Å². The summed E-state index contributed by atoms with van der Waals surface area (Å²) in [7, 11) is 4.00. The number of hydrogen-bond acceptors (Lipinski definition) is 10. The van der Waals surface area contributed by atoms with Crippen molar-refractivity contribution in [2.75, 3.05) is 44.0 Å². The van der Waals surface area contributed by atoms with Gasteiger partial charge in [-0.3, -0.25) is 14.5 Å². The molecule has 1 fully saturated rings. The number of carbonyl (C=O) groups is 2. The first-order valence-corrected chi connectivity index (χ1v) is 18.8. The summed E-state index contributed by atoms with van der Waals surface area (Å²) in [4.78, 5) is 31.2. The fourth-order valence-corrected chi connectivity index (χ4v) is 6.96. The number of likely N-dealkylation sites (N-methyl/N-ethyl adjacent to an activating group) is 1. The van der Waals surface area contributed by atoms with Gasteiger partial charge in [0.1, 0.15) is 24.3 Å². The van der Waals surface area contributed by atoms with E-state index in [4.69, 9.17) is 29.5 Å². The minimum Gasteiger partial charge on any atom is -0.484 e. The fourth-order valence-electron chi connectivity index (χ4n) is 6.96. The van der Waals surface area contributed by atoms with Crippen molar-refractivity contribution < 1.29 is 24.2 Å². The Hall–Kier alpha value is -5.70. The molecule has 1 aliphatic carbocycles. The summed E-state index contributed by atoms with van der Waals surface area (Å²) in [5.41, 5.74) is 3.47. The van der Waals surface area contributed by atoms with Crippen LogP contribution in [0.4, 0.5) is 16.6 Å². The number of nitrogens with zero attached hydrogens (tertiary/aromatic N) is 8. The van der Waals surface area contributed by atoms with E-state index in [9.17, 15) is 4.79 Å². The maximum atomic E-state index is 13.7. The molecule has 0 saturated carbocycles. The number of pyridine rings is 2. The van der Waals surface area contributed by atoms with Gasteiger partial charge in [0, 0.05) is 36.7 Å². The number of fused-ring (bicyclic) bond motifs is 2. The average molecular weight is 753 g/mol. The molecule has 0 bridgehead atoms. The van der Waals surface area contributed by atoms with Gasteiger partial charge in [0.2, 0.25) is 11.8 Å². The van der Waals surface area contributed by atoms with Gasteiger partial charge in [-0.05, 0) is 82.4 Å². The van der Waals surface area contributed by atoms with Gasteiger partial charge in [-0.2, -0.15) is 14.8 Å². The first-order chi connectivity index (χ1) is 26.4. The molecule has 3 atom stereocenters. The van der Waals surface area contributed by atoms with E-state index >= 15 is 0 Å². The molecule has 0 spiro atoms. The van der Waals surface area contributed by atoms with Crippen LogP contribution >= 0.6 is 0 Å². The molecule has 2 aliphatic rings. The number of rotatable bonds is 10. The summed E-state index contributed by atoms with van der Waals surface area (Å²) in [5, 5.41) is 27.0. The Labute approximate surface area is 321 Å². The number of benzene rings is 1. The molecule has 55 heavy (non-hydrogen) atoms. The summed E-state index contributed by atoms with van der Waals surface area (Å²) < 4.78 is 16.3. The molecule has 5 heterocycles. The normalized spacial score (nSPS) is 18.2. The average Bonchev–Trinajstić information content (AvgIpc) is 3.78. The maximum absolute atomic E-state index is 13.7. The van der Waals surface area contributed by atoms with Gasteiger partial charge in [-0.1, -0.05) is 51.1 Å². The zero-order valence-corrected chi connectivity index (χ0v) is 32.5. The number of amides is 2. The predicted molar refractivity (Wildman–Crippen MR) is 210 cm³/mol. The van der Waals surface area contributed by atoms with Gasteiger partial charge in [0.15, 0.2) is 11.5 Å². The van der Waals surface area contributed by atoms with Crippen LogP contribution in [0.15, 0.2) is 66.9 Å². The van der Waals surface area contributed by atoms with Crippen molar-refractivity contribution in [3.8, 4) is 17.4 Å². The molecular weight excluding hydrogens is 701 g/mol. The SMILES string of the molecule is CC1CCCCN1c1nnc2ccc(OC3CCC(NC(=O)Nc4cc(C(C)(C)C)nn4-c4cccc(OCCN(C)C)n4)c4ccccc43)cn12.O=CO. The highest BCUT2D eigenvalue weighted by Gasteiger charge is 2.31. The third-order valence-electron chi connectivity index (χ3n) is 9.87. The molecular formula is C40H52N10O5. The lowest BCUT2D eigenvalue weighted by Crippen LogP contribution is -2.38. The molecule has 1 aliphatic heterocycles. The Bertz CT molecular complexity index is 2070. The van der Waals surface area contributed by atoms with E-state index < -0.39 is 0 Å². The number of carboxylic acid groups (broad SMARTS) is 1. The Morgan fingerprint density at radius 1 is 1.02 bits per heavy atom. The van der Waals surface area contributed by atoms with Crippen LogP contribution in [0.3, 0.4) is 0 Å². The highest BCUT2D eigenvalue weighted by atomic mass is 16.5. The Morgan fingerprint density at radius 3 is 2.55 bits per heavy atom. The van der Waals surface area contributed by atoms with Gasteiger partial charge in [-0.15, -0.1) is 10.2 Å². The standard InChI is InChI=1S/C39H50N10O3.CH2O2/c1-26-12-9-10-21-47(26)38-44-43-34-20-17-27(25-48(34)38)52-31-19-18-30(28-13-7-8-14-29(28)31)40-37(50)42-35-24-32(39(2,3)4)45-49(35)33-15-11-16-36(41-33)51-23-22-46(5)6;2-1-3/h7-8,11,13-17,20,24-26,30-31H,9-10,12,18-19,21-23H2,1-6H3,(H2,40,42,50);1H,(H,2,3). The second kappa shape index (κ2) is 17.2. The molecule has 1 saturated heterocycles. The molecule has 292 valence electrons. The number of hydrogen-bond donors (Lipinski definition) is 3. The van der Waals surface area contributed by atoms with Crippen LogP contribution in [0.1, 0.15) is 88.8 Å². The second-order valence-electron chi connectivity index (χ2n) is 15.3. The van der Waals surface area contributed by atoms with Crippen molar-refractivity contribution in [2.24, 2.45) is 0 Å². The molecule has 5 aromatic rings. The van der Waals surface area contributed by atoms with Crippen molar-refractivity contribution in [3.05, 3.63) is 83.7 Å². The van der Waals surface area contributed by atoms with E-state index in [2.05, 4.69) is 70.5 Å². The number of nitrogens with one attached hydrogen (secondary N) is 2. The highest BCUT2D eigenvalue weighted by Crippen LogP contribution is 2.39. The molecule has 3 N–H and O–H groups in total. The van der Waals surface area contributed by atoms with E-state index in [-0.39, 0.29) is 30.1 Å². The predicted octanol–water partition coefficient (Wildman–Crippen LogP) is 6.40. The Balaban J connectivity index is 0.00000166. The van der Waals surface area contributed by atoms with Gasteiger partial charge >= 0.3 is 6.03 Å². The molecule has 15 nitrogen and oxygen atoms in total. The molecule has 7 rings (SSSR count). The molecule has 1 aromatic carbocycles. The van der Waals surface area contributed by atoms with Crippen LogP contribution in [-0.2, 0) is 10.2 Å². The van der Waals surface area contributed by atoms with E-state index in [0.717, 1.165) is 66.5 Å². The van der Waals surface area contributed by atoms with Crippen molar-refractivity contribution in [1.82, 2.24) is 39.6 Å². The van der Waals surface area contributed by atoms with Crippen LogP contribution in [0.25, 0.3) is 11.5 Å². The number of piperidine rings is 1. The second-order valence-corrected chi connectivity index (χ2v) is 15.3. The van der Waals surface area contributed by atoms with Crippen molar-refractivity contribution in [2.45, 2.75) is 83.4 Å². The van der Waals surface area contributed by atoms with E-state index in [1.165, 1.54) is 6.42 Å². The first kappa shape index (κ1) is 39.0. The topological polar surface area (TPSA) is 164 Å². The number of carbonyl (C=O) groups excluding carboxylic acids is 1. The van der Waals surface area contributed by atoms with Gasteiger partial charge in [-0.25, -0.2) is 4.79 Å². The summed E-state index contributed by atoms with van der Waals surface area (Å²) >= 11 is 0. The quantitative estimate of drug-likeness (QED) is 0.135. The van der Waals surface area contributed by atoms with E-state index in [0.29, 0.717) is 36.6 Å². The summed E-state index contributed by atoms with van der Waals surface area (Å²) in [6.45, 7) is 10.5. The number of anilines is 2. The molecule has 15 heteroatoms. The molecule has 4 aromatic heterocycles. The smallest absolute Gasteiger partial charge is 0.320 e. The molecule has 2 amide bonds. The summed E-state index contributed by atoms with van der Waals surface area (Å²) in [6, 6.07) is 19.5. The van der Waals surface area contributed by atoms with E-state index in [1.54, 1.807) is 4.68 Å². The monoisotopic (exact) mass is 752 g/mol. The fraction of sp³-hybridized carbons (Fsp3) is 0.450. The van der Waals surface area contributed by atoms with Gasteiger partial charge < -0.3 is 29.7 Å². The summed E-state index contributed by atoms with van der Waals surface area (Å²) in [6.07, 6.45) is 6.82.